The normalized spacial score (nSPS) is 10.6. The van der Waals surface area contributed by atoms with Gasteiger partial charge in [-0.2, -0.15) is 5.10 Å². The fourth-order valence-corrected chi connectivity index (χ4v) is 3.78. The number of amides is 2. The zero-order chi connectivity index (χ0) is 28.5. The molecule has 202 valence electrons. The number of carbonyl (C=O) groups excluding carboxylic acids is 3. The molecule has 4 aromatic carbocycles. The van der Waals surface area contributed by atoms with Crippen molar-refractivity contribution in [3.63, 3.8) is 0 Å². The highest BCUT2D eigenvalue weighted by molar-refractivity contribution is 6.31. The molecule has 0 saturated heterocycles. The summed E-state index contributed by atoms with van der Waals surface area (Å²) in [6.45, 7) is 0. The molecule has 4 rings (SSSR count). The van der Waals surface area contributed by atoms with Crippen LogP contribution in [0.3, 0.4) is 0 Å². The molecule has 0 atom stereocenters. The maximum Gasteiger partial charge on any atom is 0.343 e. The topological polar surface area (TPSA) is 115 Å². The van der Waals surface area contributed by atoms with Gasteiger partial charge in [-0.3, -0.25) is 9.59 Å². The summed E-state index contributed by atoms with van der Waals surface area (Å²) in [5.74, 6) is -0.525. The summed E-state index contributed by atoms with van der Waals surface area (Å²) in [6, 6.07) is 24.5. The third-order valence-electron chi connectivity index (χ3n) is 5.57. The first-order chi connectivity index (χ1) is 19.4. The summed E-state index contributed by atoms with van der Waals surface area (Å²) < 4.78 is 16.0. The molecule has 4 aromatic rings. The van der Waals surface area contributed by atoms with E-state index >= 15 is 0 Å². The van der Waals surface area contributed by atoms with Gasteiger partial charge in [0.2, 0.25) is 0 Å². The van der Waals surface area contributed by atoms with Gasteiger partial charge in [0.25, 0.3) is 11.8 Å². The molecular weight excluding hydrogens is 534 g/mol. The number of methoxy groups -OCH3 is 2. The Morgan fingerprint density at radius 3 is 2.23 bits per heavy atom. The minimum absolute atomic E-state index is 0.242. The third kappa shape index (κ3) is 7.03. The second kappa shape index (κ2) is 13.1. The minimum Gasteiger partial charge on any atom is -0.496 e. The predicted molar refractivity (Wildman–Crippen MR) is 152 cm³/mol. The molecule has 0 aliphatic rings. The Hall–Kier alpha value is -5.15. The quantitative estimate of drug-likeness (QED) is 0.120. The summed E-state index contributed by atoms with van der Waals surface area (Å²) in [5, 5.41) is 7.12. The molecule has 0 saturated carbocycles. The van der Waals surface area contributed by atoms with Crippen LogP contribution in [0.25, 0.3) is 0 Å². The van der Waals surface area contributed by atoms with E-state index in [0.29, 0.717) is 33.3 Å². The number of esters is 1. The number of nitrogens with zero attached hydrogens (tertiary/aromatic N) is 1. The van der Waals surface area contributed by atoms with E-state index in [-0.39, 0.29) is 16.9 Å². The van der Waals surface area contributed by atoms with Crippen LogP contribution in [0, 0.1) is 0 Å². The molecule has 10 heteroatoms. The lowest BCUT2D eigenvalue weighted by atomic mass is 10.1. The molecule has 0 bridgehead atoms. The molecule has 0 radical (unpaired) electrons. The Kier molecular flexibility index (Phi) is 9.11. The van der Waals surface area contributed by atoms with E-state index in [1.54, 1.807) is 78.9 Å². The number of benzene rings is 4. The Balaban J connectivity index is 1.39. The average molecular weight is 558 g/mol. The van der Waals surface area contributed by atoms with Crippen LogP contribution in [0.2, 0.25) is 5.02 Å². The largest absolute Gasteiger partial charge is 0.496 e. The van der Waals surface area contributed by atoms with Crippen LogP contribution >= 0.6 is 11.6 Å². The lowest BCUT2D eigenvalue weighted by Crippen LogP contribution is -2.18. The number of hydrogen-bond acceptors (Lipinski definition) is 7. The lowest BCUT2D eigenvalue weighted by Gasteiger charge is -2.10. The van der Waals surface area contributed by atoms with E-state index < -0.39 is 17.8 Å². The number of halogens is 1. The summed E-state index contributed by atoms with van der Waals surface area (Å²) in [4.78, 5) is 37.8. The second-order valence-corrected chi connectivity index (χ2v) is 8.68. The van der Waals surface area contributed by atoms with Gasteiger partial charge in [-0.1, -0.05) is 35.9 Å². The maximum absolute atomic E-state index is 12.8. The Morgan fingerprint density at radius 1 is 0.750 bits per heavy atom. The molecular formula is C30H24ClN3O6. The van der Waals surface area contributed by atoms with Gasteiger partial charge < -0.3 is 19.5 Å². The van der Waals surface area contributed by atoms with E-state index in [2.05, 4.69) is 15.8 Å². The van der Waals surface area contributed by atoms with Crippen LogP contribution in [0.5, 0.6) is 17.2 Å². The molecule has 2 N–H and O–H groups in total. The Morgan fingerprint density at radius 2 is 1.48 bits per heavy atom. The molecule has 2 amide bonds. The van der Waals surface area contributed by atoms with Crippen LogP contribution in [0.15, 0.2) is 96.1 Å². The number of hydrogen-bond donors (Lipinski definition) is 2. The van der Waals surface area contributed by atoms with E-state index in [1.165, 1.54) is 32.6 Å². The molecule has 0 aliphatic heterocycles. The number of hydrazone groups is 1. The van der Waals surface area contributed by atoms with Crippen molar-refractivity contribution in [3.8, 4) is 17.2 Å². The highest BCUT2D eigenvalue weighted by atomic mass is 35.5. The Bertz CT molecular complexity index is 1570. The van der Waals surface area contributed by atoms with Gasteiger partial charge in [-0.05, 0) is 72.3 Å². The number of carbonyl (C=O) groups is 3. The van der Waals surface area contributed by atoms with Gasteiger partial charge in [0.05, 0.1) is 31.6 Å². The van der Waals surface area contributed by atoms with Crippen LogP contribution in [-0.2, 0) is 0 Å². The molecule has 0 heterocycles. The van der Waals surface area contributed by atoms with Crippen molar-refractivity contribution in [3.05, 3.63) is 118 Å². The van der Waals surface area contributed by atoms with Crippen molar-refractivity contribution >= 4 is 41.3 Å². The predicted octanol–water partition coefficient (Wildman–Crippen LogP) is 5.59. The summed E-state index contributed by atoms with van der Waals surface area (Å²) >= 11 is 6.02. The summed E-state index contributed by atoms with van der Waals surface area (Å²) in [6.07, 6.45) is 1.42. The van der Waals surface area contributed by atoms with Crippen LogP contribution in [0.1, 0.15) is 36.6 Å². The highest BCUT2D eigenvalue weighted by Crippen LogP contribution is 2.28. The average Bonchev–Trinajstić information content (AvgIpc) is 2.98. The fourth-order valence-electron chi connectivity index (χ4n) is 3.61. The van der Waals surface area contributed by atoms with Crippen molar-refractivity contribution in [1.29, 1.82) is 0 Å². The van der Waals surface area contributed by atoms with Crippen molar-refractivity contribution < 1.29 is 28.6 Å². The summed E-state index contributed by atoms with van der Waals surface area (Å²) in [5.41, 5.74) is 4.37. The molecule has 40 heavy (non-hydrogen) atoms. The maximum atomic E-state index is 12.8. The van der Waals surface area contributed by atoms with Gasteiger partial charge in [-0.15, -0.1) is 0 Å². The summed E-state index contributed by atoms with van der Waals surface area (Å²) in [7, 11) is 2.91. The first kappa shape index (κ1) is 27.9. The smallest absolute Gasteiger partial charge is 0.343 e. The minimum atomic E-state index is -0.516. The molecule has 0 spiro atoms. The highest BCUT2D eigenvalue weighted by Gasteiger charge is 2.15. The number of ether oxygens (including phenoxy) is 3. The number of rotatable bonds is 9. The van der Waals surface area contributed by atoms with Crippen LogP contribution in [0.4, 0.5) is 5.69 Å². The van der Waals surface area contributed by atoms with E-state index in [0.717, 1.165) is 0 Å². The third-order valence-corrected chi connectivity index (χ3v) is 5.80. The van der Waals surface area contributed by atoms with Gasteiger partial charge in [0.15, 0.2) is 11.5 Å². The zero-order valence-electron chi connectivity index (χ0n) is 21.5. The SMILES string of the molecule is COc1cc(C=NNC(=O)c2cccc(NC(=O)c3cc(Cl)ccc3OC)c2)ccc1OC(=O)c1ccccc1. The van der Waals surface area contributed by atoms with Gasteiger partial charge in [-0.25, -0.2) is 10.2 Å². The monoisotopic (exact) mass is 557 g/mol. The molecule has 0 aromatic heterocycles. The first-order valence-electron chi connectivity index (χ1n) is 11.9. The molecule has 0 aliphatic carbocycles. The van der Waals surface area contributed by atoms with Crippen molar-refractivity contribution in [2.75, 3.05) is 19.5 Å². The van der Waals surface area contributed by atoms with Gasteiger partial charge >= 0.3 is 5.97 Å². The first-order valence-corrected chi connectivity index (χ1v) is 12.3. The Labute approximate surface area is 235 Å². The molecule has 9 nitrogen and oxygen atoms in total. The van der Waals surface area contributed by atoms with E-state index in [1.807, 2.05) is 0 Å². The van der Waals surface area contributed by atoms with Crippen molar-refractivity contribution in [1.82, 2.24) is 5.43 Å². The molecule has 0 fully saturated rings. The van der Waals surface area contributed by atoms with E-state index in [4.69, 9.17) is 25.8 Å². The number of nitrogens with one attached hydrogen (secondary N) is 2. The van der Waals surface area contributed by atoms with Gasteiger partial charge in [0, 0.05) is 16.3 Å². The van der Waals surface area contributed by atoms with E-state index in [9.17, 15) is 14.4 Å². The van der Waals surface area contributed by atoms with Crippen molar-refractivity contribution in [2.45, 2.75) is 0 Å². The lowest BCUT2D eigenvalue weighted by molar-refractivity contribution is 0.0729. The molecule has 0 unspecified atom stereocenters. The van der Waals surface area contributed by atoms with Crippen LogP contribution < -0.4 is 25.0 Å². The van der Waals surface area contributed by atoms with Gasteiger partial charge in [0.1, 0.15) is 5.75 Å². The second-order valence-electron chi connectivity index (χ2n) is 8.24. The fraction of sp³-hybridized carbons (Fsp3) is 0.0667. The number of anilines is 1. The zero-order valence-corrected chi connectivity index (χ0v) is 22.3. The standard InChI is InChI=1S/C30H24ClN3O6/c1-38-25-14-12-22(31)17-24(25)29(36)33-23-10-6-9-21(16-23)28(35)34-32-18-19-11-13-26(27(15-19)39-2)40-30(37)20-7-4-3-5-8-20/h3-18H,1-2H3,(H,33,36)(H,34,35). The van der Waals surface area contributed by atoms with Crippen LogP contribution in [-0.4, -0.2) is 38.2 Å². The van der Waals surface area contributed by atoms with Crippen molar-refractivity contribution in [2.24, 2.45) is 5.10 Å².